The predicted molar refractivity (Wildman–Crippen MR) is 93.1 cm³/mol. The van der Waals surface area contributed by atoms with Crippen LogP contribution in [0.4, 0.5) is 0 Å². The Hall–Kier alpha value is 0.130. The lowest BCUT2D eigenvalue weighted by atomic mass is 9.96. The molecule has 0 saturated carbocycles. The number of nitrogens with one attached hydrogen (secondary N) is 1. The molecule has 2 rings (SSSR count). The van der Waals surface area contributed by atoms with E-state index >= 15 is 0 Å². The maximum Gasteiger partial charge on any atom is 0.110 e. The minimum absolute atomic E-state index is 0. The van der Waals surface area contributed by atoms with Gasteiger partial charge in [-0.2, -0.15) is 0 Å². The number of nitrogens with zero attached hydrogens (tertiary/aromatic N) is 2. The summed E-state index contributed by atoms with van der Waals surface area (Å²) in [7, 11) is 0. The summed E-state index contributed by atoms with van der Waals surface area (Å²) in [5.74, 6) is 0.692. The molecule has 1 aliphatic heterocycles. The van der Waals surface area contributed by atoms with E-state index in [2.05, 4.69) is 51.0 Å². The molecule has 0 aliphatic carbocycles. The normalized spacial score (nSPS) is 17.2. The Labute approximate surface area is 142 Å². The van der Waals surface area contributed by atoms with Crippen LogP contribution in [0.5, 0.6) is 0 Å². The zero-order valence-electron chi connectivity index (χ0n) is 12.0. The predicted octanol–water partition coefficient (Wildman–Crippen LogP) is 3.68. The average Bonchev–Trinajstić information content (AvgIpc) is 2.38. The molecular weight excluding hydrogens is 361 g/mol. The van der Waals surface area contributed by atoms with Crippen LogP contribution >= 0.6 is 40.7 Å². The smallest absolute Gasteiger partial charge is 0.110 e. The van der Waals surface area contributed by atoms with Crippen LogP contribution in [-0.4, -0.2) is 36.1 Å². The summed E-state index contributed by atoms with van der Waals surface area (Å²) in [6, 6.07) is 4.72. The molecule has 1 aromatic rings. The van der Waals surface area contributed by atoms with Gasteiger partial charge >= 0.3 is 0 Å². The fourth-order valence-corrected chi connectivity index (χ4v) is 3.07. The largest absolute Gasteiger partial charge is 0.314 e. The van der Waals surface area contributed by atoms with Crippen LogP contribution in [0.3, 0.4) is 0 Å². The van der Waals surface area contributed by atoms with E-state index in [0.717, 1.165) is 30.8 Å². The second kappa shape index (κ2) is 9.96. The van der Waals surface area contributed by atoms with Gasteiger partial charge in [-0.3, -0.25) is 4.90 Å². The molecule has 1 atom stereocenters. The maximum atomic E-state index is 4.38. The van der Waals surface area contributed by atoms with E-state index in [-0.39, 0.29) is 24.8 Å². The van der Waals surface area contributed by atoms with Crippen LogP contribution in [0.1, 0.15) is 31.9 Å². The number of hydrogen-bond acceptors (Lipinski definition) is 3. The van der Waals surface area contributed by atoms with Gasteiger partial charge in [0.2, 0.25) is 0 Å². The lowest BCUT2D eigenvalue weighted by molar-refractivity contribution is 0.153. The first-order chi connectivity index (χ1) is 8.68. The summed E-state index contributed by atoms with van der Waals surface area (Å²) in [5.41, 5.74) is 1.33. The highest BCUT2D eigenvalue weighted by Gasteiger charge is 2.24. The van der Waals surface area contributed by atoms with Crippen LogP contribution in [0.15, 0.2) is 22.9 Å². The molecular formula is C14H24BrCl2N3. The first kappa shape index (κ1) is 20.1. The first-order valence-corrected chi connectivity index (χ1v) is 7.53. The van der Waals surface area contributed by atoms with Crippen molar-refractivity contribution < 1.29 is 0 Å². The zero-order valence-corrected chi connectivity index (χ0v) is 15.2. The minimum Gasteiger partial charge on any atom is -0.314 e. The van der Waals surface area contributed by atoms with Crippen molar-refractivity contribution in [3.8, 4) is 0 Å². The van der Waals surface area contributed by atoms with Crippen molar-refractivity contribution in [3.05, 3.63) is 28.5 Å². The van der Waals surface area contributed by atoms with Gasteiger partial charge in [0.05, 0.1) is 0 Å². The second-order valence-corrected chi connectivity index (χ2v) is 6.07. The number of aromatic nitrogens is 1. The molecule has 20 heavy (non-hydrogen) atoms. The summed E-state index contributed by atoms with van der Waals surface area (Å²) >= 11 is 3.60. The molecule has 1 fully saturated rings. The molecule has 1 aliphatic rings. The molecule has 0 radical (unpaired) electrons. The van der Waals surface area contributed by atoms with Gasteiger partial charge in [-0.05, 0) is 34.3 Å². The molecule has 0 unspecified atom stereocenters. The van der Waals surface area contributed by atoms with Crippen LogP contribution in [0, 0.1) is 5.92 Å². The molecule has 2 heterocycles. The molecule has 0 aromatic carbocycles. The van der Waals surface area contributed by atoms with E-state index < -0.39 is 0 Å². The van der Waals surface area contributed by atoms with Gasteiger partial charge in [0, 0.05) is 44.0 Å². The summed E-state index contributed by atoms with van der Waals surface area (Å²) in [6.07, 6.45) is 3.03. The Morgan fingerprint density at radius 2 is 1.95 bits per heavy atom. The fraction of sp³-hybridized carbons (Fsp3) is 0.643. The van der Waals surface area contributed by atoms with Gasteiger partial charge in [-0.25, -0.2) is 4.98 Å². The van der Waals surface area contributed by atoms with Crippen molar-refractivity contribution in [1.29, 1.82) is 0 Å². The Bertz CT molecular complexity index is 384. The van der Waals surface area contributed by atoms with E-state index in [9.17, 15) is 0 Å². The SMILES string of the molecule is CC(C)C[C@H](c1cccnc1Br)N1CCNCC1.Cl.Cl. The Kier molecular flexibility index (Phi) is 10.0. The summed E-state index contributed by atoms with van der Waals surface area (Å²) < 4.78 is 0.995. The summed E-state index contributed by atoms with van der Waals surface area (Å²) in [5, 5.41) is 3.42. The highest BCUT2D eigenvalue weighted by atomic mass is 79.9. The molecule has 1 aromatic heterocycles. The fourth-order valence-electron chi connectivity index (χ4n) is 2.56. The van der Waals surface area contributed by atoms with Gasteiger partial charge in [0.15, 0.2) is 0 Å². The first-order valence-electron chi connectivity index (χ1n) is 6.73. The van der Waals surface area contributed by atoms with E-state index in [1.165, 1.54) is 12.0 Å². The van der Waals surface area contributed by atoms with Crippen molar-refractivity contribution >= 4 is 40.7 Å². The number of pyridine rings is 1. The number of piperazine rings is 1. The second-order valence-electron chi connectivity index (χ2n) is 5.31. The minimum atomic E-state index is 0. The van der Waals surface area contributed by atoms with E-state index in [0.29, 0.717) is 12.0 Å². The molecule has 3 nitrogen and oxygen atoms in total. The van der Waals surface area contributed by atoms with Crippen LogP contribution in [0.25, 0.3) is 0 Å². The van der Waals surface area contributed by atoms with E-state index in [4.69, 9.17) is 0 Å². The highest BCUT2D eigenvalue weighted by Crippen LogP contribution is 2.31. The summed E-state index contributed by atoms with van der Waals surface area (Å²) in [4.78, 5) is 6.96. The monoisotopic (exact) mass is 383 g/mol. The van der Waals surface area contributed by atoms with E-state index in [1.54, 1.807) is 0 Å². The van der Waals surface area contributed by atoms with Gasteiger partial charge in [0.1, 0.15) is 4.60 Å². The van der Waals surface area contributed by atoms with Crippen molar-refractivity contribution in [3.63, 3.8) is 0 Å². The highest BCUT2D eigenvalue weighted by molar-refractivity contribution is 9.10. The Balaban J connectivity index is 0.00000180. The van der Waals surface area contributed by atoms with Gasteiger partial charge in [-0.1, -0.05) is 19.9 Å². The summed E-state index contributed by atoms with van der Waals surface area (Å²) in [6.45, 7) is 9.01. The van der Waals surface area contributed by atoms with Crippen molar-refractivity contribution in [2.75, 3.05) is 26.2 Å². The molecule has 0 spiro atoms. The average molecular weight is 385 g/mol. The lowest BCUT2D eigenvalue weighted by Crippen LogP contribution is -2.45. The van der Waals surface area contributed by atoms with Gasteiger partial charge in [0.25, 0.3) is 0 Å². The number of halogens is 3. The van der Waals surface area contributed by atoms with Crippen LogP contribution < -0.4 is 5.32 Å². The van der Waals surface area contributed by atoms with Gasteiger partial charge < -0.3 is 5.32 Å². The molecule has 116 valence electrons. The maximum absolute atomic E-state index is 4.38. The van der Waals surface area contributed by atoms with Crippen molar-refractivity contribution in [2.24, 2.45) is 5.92 Å². The third kappa shape index (κ3) is 5.49. The number of rotatable bonds is 4. The zero-order chi connectivity index (χ0) is 13.0. The van der Waals surface area contributed by atoms with Crippen LogP contribution in [-0.2, 0) is 0 Å². The third-order valence-electron chi connectivity index (χ3n) is 3.43. The topological polar surface area (TPSA) is 28.2 Å². The van der Waals surface area contributed by atoms with Crippen molar-refractivity contribution in [2.45, 2.75) is 26.3 Å². The standard InChI is InChI=1S/C14H22BrN3.2ClH/c1-11(2)10-13(18-8-6-16-7-9-18)12-4-3-5-17-14(12)15;;/h3-5,11,13,16H,6-10H2,1-2H3;2*1H/t13-;;/m1../s1. The van der Waals surface area contributed by atoms with E-state index in [1.807, 2.05) is 12.3 Å². The molecule has 1 N–H and O–H groups in total. The molecule has 1 saturated heterocycles. The molecule has 0 amide bonds. The third-order valence-corrected chi connectivity index (χ3v) is 4.10. The quantitative estimate of drug-likeness (QED) is 0.802. The van der Waals surface area contributed by atoms with Crippen LogP contribution in [0.2, 0.25) is 0 Å². The Morgan fingerprint density at radius 1 is 1.30 bits per heavy atom. The van der Waals surface area contributed by atoms with Crippen molar-refractivity contribution in [1.82, 2.24) is 15.2 Å². The molecule has 0 bridgehead atoms. The number of hydrogen-bond donors (Lipinski definition) is 1. The molecule has 6 heteroatoms. The lowest BCUT2D eigenvalue weighted by Gasteiger charge is -2.36. The van der Waals surface area contributed by atoms with Gasteiger partial charge in [-0.15, -0.1) is 24.8 Å². The Morgan fingerprint density at radius 3 is 2.50 bits per heavy atom.